The fourth-order valence-electron chi connectivity index (χ4n) is 0.426. The van der Waals surface area contributed by atoms with Gasteiger partial charge in [-0.3, -0.25) is 0 Å². The minimum atomic E-state index is 0.963. The van der Waals surface area contributed by atoms with Crippen molar-refractivity contribution in [3.63, 3.8) is 0 Å². The summed E-state index contributed by atoms with van der Waals surface area (Å²) in [5.41, 5.74) is 0.963. The highest BCUT2D eigenvalue weighted by Gasteiger charge is 1.94. The van der Waals surface area contributed by atoms with E-state index in [-0.39, 0.29) is 0 Å². The summed E-state index contributed by atoms with van der Waals surface area (Å²) in [5, 5.41) is 3.78. The fraction of sp³-hybridized carbons (Fsp3) is 0.200. The second-order valence-corrected chi connectivity index (χ2v) is 2.21. The Bertz CT molecular complexity index is 192. The lowest BCUT2D eigenvalue weighted by Crippen LogP contribution is -1.70. The normalized spacial score (nSPS) is 9.12. The van der Waals surface area contributed by atoms with Crippen molar-refractivity contribution >= 4 is 17.6 Å². The Morgan fingerprint density at radius 1 is 1.75 bits per heavy atom. The summed E-state index contributed by atoms with van der Waals surface area (Å²) in [6, 6.07) is 0. The monoisotopic (exact) mass is 126 g/mol. The van der Waals surface area contributed by atoms with E-state index in [0.29, 0.717) is 0 Å². The predicted molar refractivity (Wildman–Crippen MR) is 34.7 cm³/mol. The van der Waals surface area contributed by atoms with Crippen LogP contribution in [0.5, 0.6) is 0 Å². The summed E-state index contributed by atoms with van der Waals surface area (Å²) in [5.74, 6) is 0. The lowest BCUT2D eigenvalue weighted by molar-refractivity contribution is 1.09. The first-order valence-electron chi connectivity index (χ1n) is 2.26. The number of aryl methyl sites for hydroxylation is 1. The van der Waals surface area contributed by atoms with Gasteiger partial charge >= 0.3 is 0 Å². The molecule has 0 saturated heterocycles. The highest BCUT2D eigenvalue weighted by atomic mass is 32.1. The van der Waals surface area contributed by atoms with Crippen LogP contribution in [-0.4, -0.2) is 9.59 Å². The first kappa shape index (κ1) is 5.44. The minimum Gasteiger partial charge on any atom is -0.143 e. The number of hydrogen-bond donors (Lipinski definition) is 0. The summed E-state index contributed by atoms with van der Waals surface area (Å²) in [6.45, 7) is 5.51. The molecular weight excluding hydrogens is 120 g/mol. The van der Waals surface area contributed by atoms with Crippen LogP contribution in [0.25, 0.3) is 6.08 Å². The molecule has 0 fully saturated rings. The van der Waals surface area contributed by atoms with Gasteiger partial charge in [0.2, 0.25) is 0 Å². The van der Waals surface area contributed by atoms with E-state index in [1.165, 1.54) is 11.5 Å². The van der Waals surface area contributed by atoms with Gasteiger partial charge in [0.1, 0.15) is 0 Å². The van der Waals surface area contributed by atoms with Gasteiger partial charge in [0.15, 0.2) is 0 Å². The average Bonchev–Trinajstić information content (AvgIpc) is 2.14. The van der Waals surface area contributed by atoms with E-state index >= 15 is 0 Å². The van der Waals surface area contributed by atoms with Crippen molar-refractivity contribution < 1.29 is 0 Å². The SMILES string of the molecule is C=Cc1snnc1C. The molecule has 0 amide bonds. The maximum absolute atomic E-state index is 3.78. The molecule has 0 N–H and O–H groups in total. The van der Waals surface area contributed by atoms with E-state index in [1.54, 1.807) is 6.08 Å². The van der Waals surface area contributed by atoms with Crippen molar-refractivity contribution in [3.8, 4) is 0 Å². The molecule has 1 aromatic heterocycles. The van der Waals surface area contributed by atoms with E-state index < -0.39 is 0 Å². The molecule has 0 unspecified atom stereocenters. The summed E-state index contributed by atoms with van der Waals surface area (Å²) in [4.78, 5) is 1.06. The van der Waals surface area contributed by atoms with Gasteiger partial charge in [-0.15, -0.1) is 5.10 Å². The number of hydrogen-bond acceptors (Lipinski definition) is 3. The van der Waals surface area contributed by atoms with Crippen molar-refractivity contribution in [1.82, 2.24) is 9.59 Å². The Hall–Kier alpha value is -0.700. The van der Waals surface area contributed by atoms with E-state index in [9.17, 15) is 0 Å². The molecule has 0 saturated carbocycles. The molecule has 0 aliphatic heterocycles. The number of nitrogens with zero attached hydrogens (tertiary/aromatic N) is 2. The van der Waals surface area contributed by atoms with Crippen LogP contribution in [0.15, 0.2) is 6.58 Å². The van der Waals surface area contributed by atoms with E-state index in [1.807, 2.05) is 6.92 Å². The van der Waals surface area contributed by atoms with Crippen LogP contribution in [0.4, 0.5) is 0 Å². The van der Waals surface area contributed by atoms with Crippen molar-refractivity contribution in [2.45, 2.75) is 6.92 Å². The Morgan fingerprint density at radius 3 is 2.75 bits per heavy atom. The van der Waals surface area contributed by atoms with Gasteiger partial charge in [-0.25, -0.2) is 0 Å². The Morgan fingerprint density at radius 2 is 2.50 bits per heavy atom. The number of rotatable bonds is 1. The third kappa shape index (κ3) is 0.767. The number of aromatic nitrogens is 2. The maximum atomic E-state index is 3.78. The van der Waals surface area contributed by atoms with Crippen LogP contribution >= 0.6 is 11.5 Å². The largest absolute Gasteiger partial charge is 0.143 e. The highest BCUT2D eigenvalue weighted by Crippen LogP contribution is 2.08. The Labute approximate surface area is 52.0 Å². The van der Waals surface area contributed by atoms with Crippen LogP contribution < -0.4 is 0 Å². The standard InChI is InChI=1S/C5H6N2S/c1-3-5-4(2)6-7-8-5/h3H,1H2,2H3. The molecule has 1 aromatic rings. The third-order valence-corrected chi connectivity index (χ3v) is 1.69. The van der Waals surface area contributed by atoms with Crippen molar-refractivity contribution in [2.24, 2.45) is 0 Å². The first-order valence-corrected chi connectivity index (χ1v) is 3.03. The molecular formula is C5H6N2S. The zero-order valence-corrected chi connectivity index (χ0v) is 5.40. The van der Waals surface area contributed by atoms with Crippen LogP contribution in [-0.2, 0) is 0 Å². The smallest absolute Gasteiger partial charge is 0.0797 e. The molecule has 3 heteroatoms. The van der Waals surface area contributed by atoms with Crippen LogP contribution in [0.2, 0.25) is 0 Å². The maximum Gasteiger partial charge on any atom is 0.0797 e. The van der Waals surface area contributed by atoms with Gasteiger partial charge in [0.05, 0.1) is 10.6 Å². The summed E-state index contributed by atoms with van der Waals surface area (Å²) < 4.78 is 3.71. The van der Waals surface area contributed by atoms with Crippen molar-refractivity contribution in [3.05, 3.63) is 17.2 Å². The molecule has 0 aliphatic carbocycles. The van der Waals surface area contributed by atoms with E-state index in [4.69, 9.17) is 0 Å². The van der Waals surface area contributed by atoms with Gasteiger partial charge in [0.25, 0.3) is 0 Å². The van der Waals surface area contributed by atoms with E-state index in [2.05, 4.69) is 16.2 Å². The highest BCUT2D eigenvalue weighted by molar-refractivity contribution is 7.06. The van der Waals surface area contributed by atoms with Crippen molar-refractivity contribution in [1.29, 1.82) is 0 Å². The molecule has 0 bridgehead atoms. The predicted octanol–water partition coefficient (Wildman–Crippen LogP) is 1.49. The molecule has 0 spiro atoms. The topological polar surface area (TPSA) is 25.8 Å². The fourth-order valence-corrected chi connectivity index (χ4v) is 0.925. The molecule has 2 nitrogen and oxygen atoms in total. The third-order valence-electron chi connectivity index (χ3n) is 0.872. The van der Waals surface area contributed by atoms with Gasteiger partial charge in [-0.2, -0.15) is 0 Å². The molecule has 0 aromatic carbocycles. The zero-order chi connectivity index (χ0) is 5.98. The average molecular weight is 126 g/mol. The summed E-state index contributed by atoms with van der Waals surface area (Å²) in [7, 11) is 0. The van der Waals surface area contributed by atoms with Gasteiger partial charge < -0.3 is 0 Å². The second-order valence-electron chi connectivity index (χ2n) is 1.43. The lowest BCUT2D eigenvalue weighted by Gasteiger charge is -1.77. The second kappa shape index (κ2) is 2.05. The van der Waals surface area contributed by atoms with E-state index in [0.717, 1.165) is 10.6 Å². The van der Waals surface area contributed by atoms with Gasteiger partial charge in [-0.1, -0.05) is 11.1 Å². The van der Waals surface area contributed by atoms with Crippen LogP contribution in [0.1, 0.15) is 10.6 Å². The zero-order valence-electron chi connectivity index (χ0n) is 4.59. The first-order chi connectivity index (χ1) is 3.84. The lowest BCUT2D eigenvalue weighted by atomic mass is 10.4. The molecule has 42 valence electrons. The molecule has 1 rings (SSSR count). The van der Waals surface area contributed by atoms with Crippen LogP contribution in [0, 0.1) is 6.92 Å². The minimum absolute atomic E-state index is 0.963. The van der Waals surface area contributed by atoms with Crippen molar-refractivity contribution in [2.75, 3.05) is 0 Å². The van der Waals surface area contributed by atoms with Gasteiger partial charge in [-0.05, 0) is 24.5 Å². The quantitative estimate of drug-likeness (QED) is 0.569. The summed E-state index contributed by atoms with van der Waals surface area (Å²) >= 11 is 1.37. The molecule has 0 radical (unpaired) electrons. The Kier molecular flexibility index (Phi) is 1.39. The summed E-state index contributed by atoms with van der Waals surface area (Å²) in [6.07, 6.45) is 1.76. The molecule has 8 heavy (non-hydrogen) atoms. The Balaban J connectivity index is 3.09. The molecule has 0 atom stereocenters. The molecule has 0 aliphatic rings. The van der Waals surface area contributed by atoms with Crippen LogP contribution in [0.3, 0.4) is 0 Å². The molecule has 1 heterocycles. The van der Waals surface area contributed by atoms with Gasteiger partial charge in [0, 0.05) is 0 Å².